The number of aliphatic hydroxyl groups excluding tert-OH is 4. The van der Waals surface area contributed by atoms with E-state index < -0.39 is 112 Å². The lowest BCUT2D eigenvalue weighted by Crippen LogP contribution is -2.38. The molecule has 0 bridgehead atoms. The molecule has 38 heavy (non-hydrogen) atoms. The van der Waals surface area contributed by atoms with E-state index in [2.05, 4.69) is 5.32 Å². The van der Waals surface area contributed by atoms with Crippen LogP contribution < -0.4 is 5.32 Å². The second kappa shape index (κ2) is 11.8. The van der Waals surface area contributed by atoms with Gasteiger partial charge in [0.15, 0.2) is 17.4 Å². The molecule has 4 unspecified atom stereocenters. The van der Waals surface area contributed by atoms with Crippen LogP contribution in [0, 0.1) is 17.6 Å². The van der Waals surface area contributed by atoms with E-state index >= 15 is 8.78 Å². The van der Waals surface area contributed by atoms with Gasteiger partial charge in [-0.25, -0.2) is 8.78 Å². The number of fused-ring (bicyclic) bond motifs is 2. The number of carbonyl (C=O) groups is 2. The van der Waals surface area contributed by atoms with Crippen molar-refractivity contribution in [2.24, 2.45) is 5.92 Å². The molecule has 0 radical (unpaired) electrons. The summed E-state index contributed by atoms with van der Waals surface area (Å²) in [6.07, 6.45) is 2.19. The Bertz CT molecular complexity index is 1210. The Kier molecular flexibility index (Phi) is 9.00. The van der Waals surface area contributed by atoms with Crippen LogP contribution in [0.2, 0.25) is 0 Å². The van der Waals surface area contributed by atoms with Crippen molar-refractivity contribution < 1.29 is 49.0 Å². The molecule has 9 nitrogen and oxygen atoms in total. The highest BCUT2D eigenvalue weighted by Gasteiger charge is 2.42. The minimum absolute atomic E-state index is 0.577. The Morgan fingerprint density at radius 3 is 1.84 bits per heavy atom. The number of benzene rings is 2. The molecular weight excluding hydrogens is 504 g/mol. The van der Waals surface area contributed by atoms with Crippen molar-refractivity contribution in [1.82, 2.24) is 0 Å². The first-order valence-corrected chi connectivity index (χ1v) is 11.8. The maximum atomic E-state index is 15.6. The van der Waals surface area contributed by atoms with Crippen LogP contribution in [0.15, 0.2) is 36.4 Å². The normalized spacial score (nSPS) is 16.4. The molecule has 1 aliphatic carbocycles. The number of phenols is 2. The van der Waals surface area contributed by atoms with E-state index in [0.29, 0.717) is 0 Å². The third-order valence-corrected chi connectivity index (χ3v) is 6.45. The van der Waals surface area contributed by atoms with Crippen LogP contribution in [0.5, 0.6) is 11.5 Å². The Morgan fingerprint density at radius 2 is 1.34 bits per heavy atom. The molecule has 0 heterocycles. The summed E-state index contributed by atoms with van der Waals surface area (Å²) in [7, 11) is 0. The number of phenolic OH excluding ortho intramolecular Hbond substituents is 2. The van der Waals surface area contributed by atoms with E-state index in [1.165, 1.54) is 24.3 Å². The zero-order valence-corrected chi connectivity index (χ0v) is 20.7. The first-order chi connectivity index (χ1) is 18.0. The summed E-state index contributed by atoms with van der Waals surface area (Å²) in [5.74, 6) is -7.90. The van der Waals surface area contributed by atoms with Crippen molar-refractivity contribution in [3.05, 3.63) is 75.9 Å². The van der Waals surface area contributed by atoms with E-state index in [0.717, 1.165) is 12.1 Å². The fraction of sp³-hybridized carbons (Fsp3) is 0.333. The predicted molar refractivity (Wildman–Crippen MR) is 133 cm³/mol. The Hall–Kier alpha value is -3.64. The molecule has 0 saturated carbocycles. The van der Waals surface area contributed by atoms with Crippen molar-refractivity contribution in [3.8, 4) is 11.5 Å². The van der Waals surface area contributed by atoms with Crippen LogP contribution >= 0.6 is 0 Å². The van der Waals surface area contributed by atoms with Crippen molar-refractivity contribution in [1.29, 1.82) is 0 Å². The summed E-state index contributed by atoms with van der Waals surface area (Å²) in [6.45, 7) is 1.70. The van der Waals surface area contributed by atoms with Crippen molar-refractivity contribution in [2.45, 2.75) is 38.5 Å². The molecule has 204 valence electrons. The highest BCUT2D eigenvalue weighted by atomic mass is 19.2. The fourth-order valence-electron chi connectivity index (χ4n) is 4.50. The van der Waals surface area contributed by atoms with E-state index in [9.17, 15) is 40.2 Å². The lowest BCUT2D eigenvalue weighted by atomic mass is 9.77. The number of halogens is 2. The predicted octanol–water partition coefficient (Wildman–Crippen LogP) is 1.95. The molecule has 0 aliphatic heterocycles. The van der Waals surface area contributed by atoms with Crippen LogP contribution in [0.4, 0.5) is 14.5 Å². The quantitative estimate of drug-likeness (QED) is 0.152. The maximum Gasteiger partial charge on any atom is 0.200 e. The minimum Gasteiger partial charge on any atom is -0.507 e. The van der Waals surface area contributed by atoms with Gasteiger partial charge < -0.3 is 36.0 Å². The summed E-state index contributed by atoms with van der Waals surface area (Å²) in [6, 6.07) is 0.587. The largest absolute Gasteiger partial charge is 0.507 e. The van der Waals surface area contributed by atoms with E-state index in [1.54, 1.807) is 13.8 Å². The van der Waals surface area contributed by atoms with Crippen molar-refractivity contribution >= 4 is 17.3 Å². The third kappa shape index (κ3) is 5.05. The number of allylic oxidation sites excluding steroid dienone is 2. The summed E-state index contributed by atoms with van der Waals surface area (Å²) in [5, 5.41) is 63.3. The molecule has 0 fully saturated rings. The average Bonchev–Trinajstić information content (AvgIpc) is 2.88. The Morgan fingerprint density at radius 1 is 0.816 bits per heavy atom. The number of hydrogen-bond acceptors (Lipinski definition) is 9. The number of rotatable bonds is 10. The third-order valence-electron chi connectivity index (χ3n) is 6.45. The molecule has 0 aromatic heterocycles. The van der Waals surface area contributed by atoms with Gasteiger partial charge in [0.2, 0.25) is 5.78 Å². The number of aromatic hydroxyl groups is 2. The second-order valence-electron chi connectivity index (χ2n) is 8.86. The smallest absolute Gasteiger partial charge is 0.200 e. The zero-order chi connectivity index (χ0) is 28.3. The van der Waals surface area contributed by atoms with Gasteiger partial charge in [0, 0.05) is 23.7 Å². The van der Waals surface area contributed by atoms with Gasteiger partial charge in [0.05, 0.1) is 47.2 Å². The average molecular weight is 534 g/mol. The summed E-state index contributed by atoms with van der Waals surface area (Å²) < 4.78 is 31.3. The number of anilines is 1. The molecule has 2 aromatic carbocycles. The molecule has 4 atom stereocenters. The molecular formula is C27H29F2NO8. The SMILES string of the molecule is C/C=C/C(O)C(CO)Cc1c(F)c(F)c(NC(CO)C(O)/C=C/C)c2c1C(=O)c1c(O)ccc(O)c1C2=O. The van der Waals surface area contributed by atoms with E-state index in [4.69, 9.17) is 0 Å². The highest BCUT2D eigenvalue weighted by molar-refractivity contribution is 6.32. The second-order valence-corrected chi connectivity index (χ2v) is 8.86. The van der Waals surface area contributed by atoms with Crippen LogP contribution in [0.1, 0.15) is 51.3 Å². The Labute approximate surface area is 217 Å². The summed E-state index contributed by atoms with van der Waals surface area (Å²) >= 11 is 0. The molecule has 3 rings (SSSR count). The van der Waals surface area contributed by atoms with Gasteiger partial charge in [-0.05, 0) is 32.4 Å². The number of ketones is 2. The van der Waals surface area contributed by atoms with Gasteiger partial charge in [-0.3, -0.25) is 9.59 Å². The lowest BCUT2D eigenvalue weighted by Gasteiger charge is -2.29. The molecule has 0 amide bonds. The first kappa shape index (κ1) is 28.9. The number of carbonyl (C=O) groups excluding carboxylic acids is 2. The number of nitrogens with one attached hydrogen (secondary N) is 1. The summed E-state index contributed by atoms with van der Waals surface area (Å²) in [5.41, 5.74) is -4.07. The molecule has 0 spiro atoms. The van der Waals surface area contributed by atoms with Crippen molar-refractivity contribution in [2.75, 3.05) is 18.5 Å². The highest BCUT2D eigenvalue weighted by Crippen LogP contribution is 2.43. The van der Waals surface area contributed by atoms with E-state index in [-0.39, 0.29) is 0 Å². The number of hydrogen-bond donors (Lipinski definition) is 7. The van der Waals surface area contributed by atoms with Gasteiger partial charge in [0.1, 0.15) is 11.5 Å². The van der Waals surface area contributed by atoms with Gasteiger partial charge in [-0.1, -0.05) is 24.3 Å². The first-order valence-electron chi connectivity index (χ1n) is 11.8. The van der Waals surface area contributed by atoms with Crippen molar-refractivity contribution in [3.63, 3.8) is 0 Å². The molecule has 2 aromatic rings. The van der Waals surface area contributed by atoms with Crippen LogP contribution in [0.3, 0.4) is 0 Å². The van der Waals surface area contributed by atoms with Crippen LogP contribution in [-0.4, -0.2) is 73.7 Å². The van der Waals surface area contributed by atoms with Crippen LogP contribution in [-0.2, 0) is 6.42 Å². The maximum absolute atomic E-state index is 15.6. The molecule has 1 aliphatic rings. The minimum atomic E-state index is -1.62. The van der Waals surface area contributed by atoms with Gasteiger partial charge >= 0.3 is 0 Å². The molecule has 0 saturated heterocycles. The van der Waals surface area contributed by atoms with Gasteiger partial charge in [-0.2, -0.15) is 0 Å². The summed E-state index contributed by atoms with van der Waals surface area (Å²) in [4.78, 5) is 27.2. The standard InChI is InChI=1S/C27H29F2NO8/c1-3-5-15(33)12(10-31)9-13-19-22(27(38)21-18(36)8-7-17(35)20(21)26(19)37)25(24(29)23(13)28)30-14(11-32)16(34)6-4-2/h3-8,12,14-16,30-36H,9-11H2,1-2H3/b5-3+,6-4+. The molecule has 7 N–H and O–H groups in total. The lowest BCUT2D eigenvalue weighted by molar-refractivity contribution is 0.0954. The Balaban J connectivity index is 2.36. The van der Waals surface area contributed by atoms with Crippen LogP contribution in [0.25, 0.3) is 0 Å². The number of aliphatic hydroxyl groups is 4. The van der Waals surface area contributed by atoms with Gasteiger partial charge in [-0.15, -0.1) is 0 Å². The fourth-order valence-corrected chi connectivity index (χ4v) is 4.50. The molecule has 11 heteroatoms. The topological polar surface area (TPSA) is 168 Å². The van der Waals surface area contributed by atoms with Gasteiger partial charge in [0.25, 0.3) is 0 Å². The monoisotopic (exact) mass is 533 g/mol. The zero-order valence-electron chi connectivity index (χ0n) is 20.7. The van der Waals surface area contributed by atoms with E-state index in [1.807, 2.05) is 0 Å².